The van der Waals surface area contributed by atoms with E-state index in [9.17, 15) is 21.6 Å². The van der Waals surface area contributed by atoms with Gasteiger partial charge in [-0.15, -0.1) is 0 Å². The summed E-state index contributed by atoms with van der Waals surface area (Å²) in [6.07, 6.45) is -5.08. The van der Waals surface area contributed by atoms with Crippen molar-refractivity contribution < 1.29 is 41.0 Å². The molecule has 2 aliphatic heterocycles. The molecule has 0 bridgehead atoms. The van der Waals surface area contributed by atoms with E-state index in [1.165, 1.54) is 10.4 Å². The number of piperazine rings is 1. The molecule has 192 valence electrons. The van der Waals surface area contributed by atoms with E-state index in [4.69, 9.17) is 31.0 Å². The van der Waals surface area contributed by atoms with E-state index in [1.807, 2.05) is 6.07 Å². The Hall–Kier alpha value is -2.90. The second-order valence-electron chi connectivity index (χ2n) is 7.39. The van der Waals surface area contributed by atoms with E-state index in [0.29, 0.717) is 17.2 Å². The first kappa shape index (κ1) is 26.7. The maximum Gasteiger partial charge on any atom is 0.490 e. The number of hydrogen-bond donors (Lipinski definition) is 2. The van der Waals surface area contributed by atoms with Gasteiger partial charge in [-0.25, -0.2) is 13.2 Å². The Bertz CT molecular complexity index is 1170. The molecule has 2 heterocycles. The largest absolute Gasteiger partial charge is 0.497 e. The van der Waals surface area contributed by atoms with Gasteiger partial charge in [-0.1, -0.05) is 23.7 Å². The number of nitrogens with one attached hydrogen (secondary N) is 1. The number of rotatable bonds is 4. The number of carbonyl (C=O) groups is 1. The fourth-order valence-electron chi connectivity index (χ4n) is 3.54. The number of sulfonamides is 1. The third kappa shape index (κ3) is 6.03. The highest BCUT2D eigenvalue weighted by Gasteiger charge is 2.38. The summed E-state index contributed by atoms with van der Waals surface area (Å²) in [6.45, 7) is 3.79. The lowest BCUT2D eigenvalue weighted by Gasteiger charge is -2.36. The van der Waals surface area contributed by atoms with Gasteiger partial charge in [-0.3, -0.25) is 4.31 Å². The predicted molar refractivity (Wildman–Crippen MR) is 123 cm³/mol. The number of carboxylic acid groups (broad SMARTS) is 1. The highest BCUT2D eigenvalue weighted by molar-refractivity contribution is 7.93. The molecule has 14 heteroatoms. The maximum atomic E-state index is 13.4. The summed E-state index contributed by atoms with van der Waals surface area (Å²) < 4.78 is 71.3. The SMILES string of the molecule is COc1cc(N2CCNCC2)c2c(c1)N(S(=O)(=O)c1ccccc1Cl)CCO2.O=C(O)C(F)(F)F. The van der Waals surface area contributed by atoms with Crippen LogP contribution < -0.4 is 24.0 Å². The van der Waals surface area contributed by atoms with Crippen molar-refractivity contribution in [2.45, 2.75) is 11.1 Å². The molecule has 0 aliphatic carbocycles. The van der Waals surface area contributed by atoms with E-state index in [1.54, 1.807) is 31.4 Å². The molecule has 0 amide bonds. The van der Waals surface area contributed by atoms with Gasteiger partial charge in [-0.05, 0) is 12.1 Å². The Kier molecular flexibility index (Phi) is 8.23. The molecule has 0 aromatic heterocycles. The average molecular weight is 538 g/mol. The van der Waals surface area contributed by atoms with Crippen molar-refractivity contribution in [2.75, 3.05) is 55.6 Å². The quantitative estimate of drug-likeness (QED) is 0.613. The molecule has 0 radical (unpaired) electrons. The van der Waals surface area contributed by atoms with Crippen LogP contribution in [0.5, 0.6) is 11.5 Å². The lowest BCUT2D eigenvalue weighted by molar-refractivity contribution is -0.192. The van der Waals surface area contributed by atoms with Crippen LogP contribution in [-0.4, -0.2) is 72.1 Å². The highest BCUT2D eigenvalue weighted by Crippen LogP contribution is 2.46. The molecule has 4 rings (SSSR count). The summed E-state index contributed by atoms with van der Waals surface area (Å²) in [4.78, 5) is 11.2. The van der Waals surface area contributed by atoms with Crippen molar-refractivity contribution in [1.82, 2.24) is 5.32 Å². The van der Waals surface area contributed by atoms with E-state index < -0.39 is 22.2 Å². The molecule has 2 aliphatic rings. The number of aliphatic carboxylic acids is 1. The van der Waals surface area contributed by atoms with Crippen LogP contribution in [0.2, 0.25) is 5.02 Å². The van der Waals surface area contributed by atoms with E-state index in [-0.39, 0.29) is 23.1 Å². The first-order chi connectivity index (χ1) is 16.5. The molecule has 2 N–H and O–H groups in total. The van der Waals surface area contributed by atoms with E-state index in [2.05, 4.69) is 10.2 Å². The molecule has 35 heavy (non-hydrogen) atoms. The number of anilines is 2. The molecule has 0 unspecified atom stereocenters. The van der Waals surface area contributed by atoms with Crippen molar-refractivity contribution in [3.8, 4) is 11.5 Å². The van der Waals surface area contributed by atoms with Crippen LogP contribution in [0.3, 0.4) is 0 Å². The maximum absolute atomic E-state index is 13.4. The van der Waals surface area contributed by atoms with Gasteiger partial charge >= 0.3 is 12.1 Å². The molecule has 0 saturated carbocycles. The van der Waals surface area contributed by atoms with Crippen molar-refractivity contribution in [3.05, 3.63) is 41.4 Å². The fourth-order valence-corrected chi connectivity index (χ4v) is 5.48. The second kappa shape index (κ2) is 10.8. The molecule has 9 nitrogen and oxygen atoms in total. The predicted octanol–water partition coefficient (Wildman–Crippen LogP) is 2.98. The van der Waals surface area contributed by atoms with Crippen LogP contribution >= 0.6 is 11.6 Å². The number of nitrogens with zero attached hydrogens (tertiary/aromatic N) is 2. The van der Waals surface area contributed by atoms with Gasteiger partial charge in [0.25, 0.3) is 10.0 Å². The third-order valence-electron chi connectivity index (χ3n) is 5.17. The van der Waals surface area contributed by atoms with Crippen LogP contribution in [0, 0.1) is 0 Å². The Balaban J connectivity index is 0.000000429. The molecule has 2 aromatic rings. The fraction of sp³-hybridized carbons (Fsp3) is 0.381. The van der Waals surface area contributed by atoms with Gasteiger partial charge in [0.1, 0.15) is 17.3 Å². The number of benzene rings is 2. The first-order valence-corrected chi connectivity index (χ1v) is 12.2. The molecular weight excluding hydrogens is 515 g/mol. The van der Waals surface area contributed by atoms with Crippen LogP contribution in [-0.2, 0) is 14.8 Å². The molecule has 1 saturated heterocycles. The van der Waals surface area contributed by atoms with Gasteiger partial charge < -0.3 is 24.8 Å². The van der Waals surface area contributed by atoms with Gasteiger partial charge in [0, 0.05) is 38.3 Å². The number of fused-ring (bicyclic) bond motifs is 1. The number of alkyl halides is 3. The number of ether oxygens (including phenoxy) is 2. The zero-order valence-electron chi connectivity index (χ0n) is 18.5. The minimum Gasteiger partial charge on any atom is -0.497 e. The van der Waals surface area contributed by atoms with Crippen LogP contribution in [0.15, 0.2) is 41.3 Å². The monoisotopic (exact) mass is 537 g/mol. The lowest BCUT2D eigenvalue weighted by Crippen LogP contribution is -2.44. The van der Waals surface area contributed by atoms with Crippen molar-refractivity contribution in [2.24, 2.45) is 0 Å². The summed E-state index contributed by atoms with van der Waals surface area (Å²) in [5.41, 5.74) is 1.31. The minimum atomic E-state index is -5.08. The number of carboxylic acids is 1. The minimum absolute atomic E-state index is 0.0797. The van der Waals surface area contributed by atoms with Crippen molar-refractivity contribution in [1.29, 1.82) is 0 Å². The highest BCUT2D eigenvalue weighted by atomic mass is 35.5. The number of methoxy groups -OCH3 is 1. The van der Waals surface area contributed by atoms with Crippen LogP contribution in [0.25, 0.3) is 0 Å². The molecule has 0 atom stereocenters. The molecule has 0 spiro atoms. The summed E-state index contributed by atoms with van der Waals surface area (Å²) in [5, 5.41) is 10.6. The second-order valence-corrected chi connectivity index (χ2v) is 9.63. The number of hydrogen-bond acceptors (Lipinski definition) is 7. The lowest BCUT2D eigenvalue weighted by atomic mass is 10.1. The molecular formula is C21H23ClF3N3O6S. The standard InChI is InChI=1S/C19H22ClN3O4S.C2HF3O2/c1-26-14-12-16(22-8-6-21-7-9-22)19-17(13-14)23(10-11-27-19)28(24,25)18-5-3-2-4-15(18)20;3-2(4,5)1(6)7/h2-5,12-13,21H,6-11H2,1H3;(H,6,7). The topological polar surface area (TPSA) is 108 Å². The van der Waals surface area contributed by atoms with Gasteiger partial charge in [-0.2, -0.15) is 13.2 Å². The Morgan fingerprint density at radius 1 is 1.14 bits per heavy atom. The third-order valence-corrected chi connectivity index (χ3v) is 7.49. The van der Waals surface area contributed by atoms with Crippen molar-refractivity contribution >= 4 is 39.0 Å². The summed E-state index contributed by atoms with van der Waals surface area (Å²) in [6, 6.07) is 10.1. The van der Waals surface area contributed by atoms with Crippen molar-refractivity contribution in [3.63, 3.8) is 0 Å². The van der Waals surface area contributed by atoms with Gasteiger partial charge in [0.15, 0.2) is 5.75 Å². The Labute approximate surface area is 205 Å². The van der Waals surface area contributed by atoms with E-state index in [0.717, 1.165) is 31.9 Å². The zero-order chi connectivity index (χ0) is 25.8. The zero-order valence-corrected chi connectivity index (χ0v) is 20.1. The molecule has 1 fully saturated rings. The first-order valence-electron chi connectivity index (χ1n) is 10.3. The van der Waals surface area contributed by atoms with Gasteiger partial charge in [0.05, 0.1) is 30.1 Å². The van der Waals surface area contributed by atoms with Gasteiger partial charge in [0.2, 0.25) is 0 Å². The summed E-state index contributed by atoms with van der Waals surface area (Å²) >= 11 is 6.19. The Morgan fingerprint density at radius 2 is 1.74 bits per heavy atom. The Morgan fingerprint density at radius 3 is 2.31 bits per heavy atom. The molecule has 2 aromatic carbocycles. The normalized spacial score (nSPS) is 15.9. The van der Waals surface area contributed by atoms with Crippen LogP contribution in [0.1, 0.15) is 0 Å². The summed E-state index contributed by atoms with van der Waals surface area (Å²) in [7, 11) is -2.27. The van der Waals surface area contributed by atoms with E-state index >= 15 is 0 Å². The van der Waals surface area contributed by atoms with Crippen LogP contribution in [0.4, 0.5) is 24.5 Å². The smallest absolute Gasteiger partial charge is 0.490 e. The summed E-state index contributed by atoms with van der Waals surface area (Å²) in [5.74, 6) is -1.62. The number of halogens is 4. The average Bonchev–Trinajstić information content (AvgIpc) is 2.83.